The summed E-state index contributed by atoms with van der Waals surface area (Å²) in [5.74, 6) is 0.281. The van der Waals surface area contributed by atoms with Crippen LogP contribution in [0.25, 0.3) is 5.70 Å². The van der Waals surface area contributed by atoms with Gasteiger partial charge in [0.25, 0.3) is 0 Å². The largest absolute Gasteiger partial charge is 0.371 e. The van der Waals surface area contributed by atoms with Crippen LogP contribution in [0.3, 0.4) is 0 Å². The van der Waals surface area contributed by atoms with Gasteiger partial charge >= 0.3 is 0 Å². The van der Waals surface area contributed by atoms with E-state index in [1.54, 1.807) is 0 Å². The quantitative estimate of drug-likeness (QED) is 0.594. The molecule has 32 heavy (non-hydrogen) atoms. The molecule has 2 saturated heterocycles. The Kier molecular flexibility index (Phi) is 8.82. The molecule has 3 N–H and O–H groups in total. The Hall–Kier alpha value is -2.70. The fraction of sp³-hybridized carbons (Fsp3) is 0.423. The summed E-state index contributed by atoms with van der Waals surface area (Å²) in [6, 6.07) is 13.6. The Morgan fingerprint density at radius 1 is 1.16 bits per heavy atom. The number of rotatable bonds is 6. The van der Waals surface area contributed by atoms with E-state index in [9.17, 15) is 9.18 Å². The van der Waals surface area contributed by atoms with E-state index in [-0.39, 0.29) is 5.82 Å². The van der Waals surface area contributed by atoms with Crippen LogP contribution in [0, 0.1) is 12.7 Å². The molecule has 0 saturated carbocycles. The maximum atomic E-state index is 13.1. The standard InChI is InChI=1S/C21H23FN2O.C5H12N2/c1-15-3-4-19(13-21(15)23-14-25)16(2)24-11-9-18(10-12-24)17-5-7-20(22)8-6-17;1-6-5-2-3-7-4-5/h3-8,13-14,18H,2,9-12H2,1H3,(H,23,25);5-7H,2-4H2,1H3. The van der Waals surface area contributed by atoms with Gasteiger partial charge in [0.05, 0.1) is 0 Å². The molecule has 1 amide bonds. The van der Waals surface area contributed by atoms with Gasteiger partial charge in [-0.3, -0.25) is 4.79 Å². The first-order valence-corrected chi connectivity index (χ1v) is 11.4. The lowest BCUT2D eigenvalue weighted by Gasteiger charge is -2.35. The lowest BCUT2D eigenvalue weighted by atomic mass is 9.89. The van der Waals surface area contributed by atoms with E-state index in [2.05, 4.69) is 27.4 Å². The van der Waals surface area contributed by atoms with E-state index in [0.717, 1.165) is 61.0 Å². The highest BCUT2D eigenvalue weighted by molar-refractivity contribution is 5.76. The van der Waals surface area contributed by atoms with Crippen molar-refractivity contribution in [3.63, 3.8) is 0 Å². The fourth-order valence-corrected chi connectivity index (χ4v) is 4.32. The number of anilines is 1. The maximum absolute atomic E-state index is 13.1. The van der Waals surface area contributed by atoms with E-state index in [0.29, 0.717) is 12.3 Å². The molecule has 5 nitrogen and oxygen atoms in total. The number of carbonyl (C=O) groups excluding carboxylic acids is 1. The van der Waals surface area contributed by atoms with Gasteiger partial charge in [-0.25, -0.2) is 4.39 Å². The zero-order chi connectivity index (χ0) is 22.9. The lowest BCUT2D eigenvalue weighted by molar-refractivity contribution is -0.105. The zero-order valence-corrected chi connectivity index (χ0v) is 19.2. The van der Waals surface area contributed by atoms with Crippen LogP contribution in [0.1, 0.15) is 41.9 Å². The molecule has 4 rings (SSSR count). The number of benzene rings is 2. The average molecular weight is 439 g/mol. The predicted molar refractivity (Wildman–Crippen MR) is 130 cm³/mol. The molecular weight excluding hydrogens is 403 g/mol. The summed E-state index contributed by atoms with van der Waals surface area (Å²) in [6.07, 6.45) is 4.03. The minimum atomic E-state index is -0.186. The number of hydrogen-bond donors (Lipinski definition) is 3. The van der Waals surface area contributed by atoms with Crippen LogP contribution in [-0.2, 0) is 4.79 Å². The van der Waals surface area contributed by atoms with E-state index in [4.69, 9.17) is 0 Å². The van der Waals surface area contributed by atoms with Gasteiger partial charge in [0.2, 0.25) is 6.41 Å². The summed E-state index contributed by atoms with van der Waals surface area (Å²) in [6.45, 7) is 10.4. The monoisotopic (exact) mass is 438 g/mol. The molecule has 2 fully saturated rings. The Labute approximate surface area is 191 Å². The number of nitrogens with one attached hydrogen (secondary N) is 3. The van der Waals surface area contributed by atoms with Crippen LogP contribution in [0.4, 0.5) is 10.1 Å². The molecule has 2 heterocycles. The van der Waals surface area contributed by atoms with Crippen LogP contribution in [0.5, 0.6) is 0 Å². The van der Waals surface area contributed by atoms with E-state index in [1.807, 2.05) is 44.3 Å². The van der Waals surface area contributed by atoms with Crippen molar-refractivity contribution in [2.75, 3.05) is 38.5 Å². The molecular formula is C26H35FN4O. The summed E-state index contributed by atoms with van der Waals surface area (Å²) in [7, 11) is 2.01. The third-order valence-electron chi connectivity index (χ3n) is 6.47. The Bertz CT molecular complexity index is 885. The smallest absolute Gasteiger partial charge is 0.211 e. The van der Waals surface area contributed by atoms with Gasteiger partial charge in [-0.2, -0.15) is 0 Å². The molecule has 172 valence electrons. The normalized spacial score (nSPS) is 18.6. The highest BCUT2D eigenvalue weighted by Gasteiger charge is 2.22. The third kappa shape index (κ3) is 6.40. The van der Waals surface area contributed by atoms with Crippen molar-refractivity contribution >= 4 is 17.8 Å². The first-order chi connectivity index (χ1) is 15.5. The van der Waals surface area contributed by atoms with E-state index >= 15 is 0 Å². The molecule has 0 spiro atoms. The molecule has 0 radical (unpaired) electrons. The Morgan fingerprint density at radius 3 is 2.44 bits per heavy atom. The van der Waals surface area contributed by atoms with Crippen LogP contribution < -0.4 is 16.0 Å². The number of halogens is 1. The summed E-state index contributed by atoms with van der Waals surface area (Å²) >= 11 is 0. The third-order valence-corrected chi connectivity index (χ3v) is 6.47. The molecule has 0 aliphatic carbocycles. The number of likely N-dealkylation sites (N-methyl/N-ethyl adjacent to an activating group) is 1. The van der Waals surface area contributed by atoms with Crippen molar-refractivity contribution < 1.29 is 9.18 Å². The molecule has 1 atom stereocenters. The highest BCUT2D eigenvalue weighted by Crippen LogP contribution is 2.32. The number of nitrogens with zero attached hydrogens (tertiary/aromatic N) is 1. The predicted octanol–water partition coefficient (Wildman–Crippen LogP) is 4.12. The number of carbonyl (C=O) groups is 1. The molecule has 0 bridgehead atoms. The fourth-order valence-electron chi connectivity index (χ4n) is 4.32. The summed E-state index contributed by atoms with van der Waals surface area (Å²) < 4.78 is 13.1. The zero-order valence-electron chi connectivity index (χ0n) is 19.2. The molecule has 1 unspecified atom stereocenters. The molecule has 2 aliphatic heterocycles. The Balaban J connectivity index is 0.000000352. The van der Waals surface area contributed by atoms with Crippen LogP contribution in [-0.4, -0.2) is 50.6 Å². The van der Waals surface area contributed by atoms with Crippen molar-refractivity contribution in [2.45, 2.75) is 38.1 Å². The van der Waals surface area contributed by atoms with Gasteiger partial charge in [0, 0.05) is 37.1 Å². The molecule has 2 aromatic rings. The Morgan fingerprint density at radius 2 is 1.88 bits per heavy atom. The van der Waals surface area contributed by atoms with E-state index < -0.39 is 0 Å². The second kappa shape index (κ2) is 11.8. The molecule has 2 aromatic carbocycles. The van der Waals surface area contributed by atoms with Crippen molar-refractivity contribution in [3.8, 4) is 0 Å². The van der Waals surface area contributed by atoms with Gasteiger partial charge < -0.3 is 20.9 Å². The summed E-state index contributed by atoms with van der Waals surface area (Å²) in [4.78, 5) is 13.0. The number of amides is 1. The van der Waals surface area contributed by atoms with Crippen LogP contribution in [0.2, 0.25) is 0 Å². The average Bonchev–Trinajstić information content (AvgIpc) is 3.35. The van der Waals surface area contributed by atoms with Crippen LogP contribution in [0.15, 0.2) is 49.0 Å². The number of aryl methyl sites for hydroxylation is 1. The van der Waals surface area contributed by atoms with E-state index in [1.165, 1.54) is 30.7 Å². The summed E-state index contributed by atoms with van der Waals surface area (Å²) in [5.41, 5.74) is 5.05. The lowest BCUT2D eigenvalue weighted by Crippen LogP contribution is -2.31. The maximum Gasteiger partial charge on any atom is 0.211 e. The molecule has 0 aromatic heterocycles. The van der Waals surface area contributed by atoms with Crippen molar-refractivity contribution in [2.24, 2.45) is 0 Å². The molecule has 2 aliphatic rings. The second-order valence-electron chi connectivity index (χ2n) is 8.53. The topological polar surface area (TPSA) is 56.4 Å². The van der Waals surface area contributed by atoms with Gasteiger partial charge in [0.15, 0.2) is 0 Å². The number of hydrogen-bond acceptors (Lipinski definition) is 4. The first kappa shape index (κ1) is 24.0. The highest BCUT2D eigenvalue weighted by atomic mass is 19.1. The van der Waals surface area contributed by atoms with Crippen LogP contribution >= 0.6 is 0 Å². The van der Waals surface area contributed by atoms with Gasteiger partial charge in [-0.05, 0) is 80.6 Å². The van der Waals surface area contributed by atoms with Crippen molar-refractivity contribution in [1.82, 2.24) is 15.5 Å². The minimum Gasteiger partial charge on any atom is -0.371 e. The first-order valence-electron chi connectivity index (χ1n) is 11.4. The van der Waals surface area contributed by atoms with Crippen molar-refractivity contribution in [3.05, 3.63) is 71.6 Å². The van der Waals surface area contributed by atoms with Crippen molar-refractivity contribution in [1.29, 1.82) is 0 Å². The second-order valence-corrected chi connectivity index (χ2v) is 8.53. The van der Waals surface area contributed by atoms with Gasteiger partial charge in [0.1, 0.15) is 5.82 Å². The van der Waals surface area contributed by atoms with Gasteiger partial charge in [-0.1, -0.05) is 30.8 Å². The van der Waals surface area contributed by atoms with Gasteiger partial charge in [-0.15, -0.1) is 0 Å². The SMILES string of the molecule is C=C(c1ccc(C)c(NC=O)c1)N1CCC(c2ccc(F)cc2)CC1.CNC1CCNC1. The summed E-state index contributed by atoms with van der Waals surface area (Å²) in [5, 5.41) is 9.20. The number of piperidine rings is 1. The number of likely N-dealkylation sites (tertiary alicyclic amines) is 1. The molecule has 6 heteroatoms. The minimum absolute atomic E-state index is 0.186.